The molecule has 0 heterocycles. The predicted octanol–water partition coefficient (Wildman–Crippen LogP) is 3.53. The second-order valence-electron chi connectivity index (χ2n) is 6.46. The van der Waals surface area contributed by atoms with Crippen molar-refractivity contribution >= 4 is 22.8 Å². The molecule has 0 radical (unpaired) electrons. The van der Waals surface area contributed by atoms with Gasteiger partial charge >= 0.3 is 12.1 Å². The van der Waals surface area contributed by atoms with Crippen molar-refractivity contribution in [2.45, 2.75) is 26.4 Å². The summed E-state index contributed by atoms with van der Waals surface area (Å²) in [7, 11) is 1.32. The van der Waals surface area contributed by atoms with Gasteiger partial charge in [0, 0.05) is 0 Å². The van der Waals surface area contributed by atoms with E-state index in [1.54, 1.807) is 32.9 Å². The van der Waals surface area contributed by atoms with E-state index in [0.717, 1.165) is 10.8 Å². The first kappa shape index (κ1) is 18.6. The third kappa shape index (κ3) is 5.38. The van der Waals surface area contributed by atoms with Crippen molar-refractivity contribution in [2.75, 3.05) is 20.3 Å². The second-order valence-corrected chi connectivity index (χ2v) is 6.46. The van der Waals surface area contributed by atoms with Gasteiger partial charge in [0.15, 0.2) is 0 Å². The van der Waals surface area contributed by atoms with E-state index in [9.17, 15) is 9.59 Å². The molecule has 0 aliphatic carbocycles. The summed E-state index contributed by atoms with van der Waals surface area (Å²) in [5.41, 5.74) is -0.208. The molecule has 6 nitrogen and oxygen atoms in total. The van der Waals surface area contributed by atoms with E-state index in [-0.39, 0.29) is 13.2 Å². The Bertz CT molecular complexity index is 764. The van der Waals surface area contributed by atoms with Crippen molar-refractivity contribution in [3.05, 3.63) is 42.0 Å². The number of esters is 1. The summed E-state index contributed by atoms with van der Waals surface area (Å²) in [4.78, 5) is 23.6. The van der Waals surface area contributed by atoms with Gasteiger partial charge in [0.1, 0.15) is 23.5 Å². The minimum Gasteiger partial charge on any atom is -0.491 e. The molecule has 0 atom stereocenters. The third-order valence-electron chi connectivity index (χ3n) is 3.28. The summed E-state index contributed by atoms with van der Waals surface area (Å²) in [6, 6.07) is 11.2. The Morgan fingerprint density at radius 1 is 1.08 bits per heavy atom. The number of rotatable bonds is 5. The molecule has 6 heteroatoms. The molecule has 0 aliphatic rings. The van der Waals surface area contributed by atoms with E-state index >= 15 is 0 Å². The minimum absolute atomic E-state index is 0.196. The summed E-state index contributed by atoms with van der Waals surface area (Å²) in [5, 5.41) is 4.47. The van der Waals surface area contributed by atoms with Crippen LogP contribution in [0.15, 0.2) is 36.4 Å². The summed E-state index contributed by atoms with van der Waals surface area (Å²) in [5.74, 6) is -0.0580. The van der Waals surface area contributed by atoms with E-state index in [1.807, 2.05) is 24.3 Å². The Labute approximate surface area is 147 Å². The summed E-state index contributed by atoms with van der Waals surface area (Å²) in [6.07, 6.45) is -0.511. The smallest absolute Gasteiger partial charge is 0.407 e. The van der Waals surface area contributed by atoms with Gasteiger partial charge in [0.05, 0.1) is 13.7 Å². The number of fused-ring (bicyclic) bond motifs is 1. The van der Waals surface area contributed by atoms with E-state index in [0.29, 0.717) is 11.3 Å². The quantitative estimate of drug-likeness (QED) is 0.663. The average molecular weight is 345 g/mol. The van der Waals surface area contributed by atoms with Gasteiger partial charge in [-0.15, -0.1) is 0 Å². The standard InChI is InChI=1S/C19H23NO5/c1-19(2,3)25-18(22)20-9-10-24-16-12-14-8-6-5-7-13(14)11-15(16)17(21)23-4/h5-8,11-12H,9-10H2,1-4H3,(H,20,22). The van der Waals surface area contributed by atoms with E-state index < -0.39 is 17.7 Å². The van der Waals surface area contributed by atoms with Gasteiger partial charge in [-0.05, 0) is 43.7 Å². The zero-order chi connectivity index (χ0) is 18.4. The lowest BCUT2D eigenvalue weighted by atomic mass is 10.1. The zero-order valence-electron chi connectivity index (χ0n) is 14.9. The van der Waals surface area contributed by atoms with Crippen LogP contribution in [0.5, 0.6) is 5.75 Å². The van der Waals surface area contributed by atoms with Crippen LogP contribution in [0, 0.1) is 0 Å². The molecule has 0 bridgehead atoms. The SMILES string of the molecule is COC(=O)c1cc2ccccc2cc1OCCNC(=O)OC(C)(C)C. The number of methoxy groups -OCH3 is 1. The van der Waals surface area contributed by atoms with Gasteiger partial charge < -0.3 is 19.5 Å². The number of carbonyl (C=O) groups excluding carboxylic acids is 2. The topological polar surface area (TPSA) is 73.9 Å². The number of carbonyl (C=O) groups is 2. The molecular weight excluding hydrogens is 322 g/mol. The van der Waals surface area contributed by atoms with E-state index in [4.69, 9.17) is 14.2 Å². The number of hydrogen-bond acceptors (Lipinski definition) is 5. The van der Waals surface area contributed by atoms with Crippen LogP contribution in [0.4, 0.5) is 4.79 Å². The maximum absolute atomic E-state index is 12.0. The Morgan fingerprint density at radius 2 is 1.72 bits per heavy atom. The van der Waals surface area contributed by atoms with Gasteiger partial charge in [0.2, 0.25) is 0 Å². The van der Waals surface area contributed by atoms with Crippen molar-refractivity contribution in [1.29, 1.82) is 0 Å². The number of nitrogens with one attached hydrogen (secondary N) is 1. The lowest BCUT2D eigenvalue weighted by molar-refractivity contribution is 0.0516. The lowest BCUT2D eigenvalue weighted by Crippen LogP contribution is -2.34. The number of ether oxygens (including phenoxy) is 3. The zero-order valence-corrected chi connectivity index (χ0v) is 14.9. The third-order valence-corrected chi connectivity index (χ3v) is 3.28. The molecule has 134 valence electrons. The van der Waals surface area contributed by atoms with Crippen LogP contribution in [-0.4, -0.2) is 37.9 Å². The van der Waals surface area contributed by atoms with E-state index in [2.05, 4.69) is 5.32 Å². The normalized spacial score (nSPS) is 11.0. The van der Waals surface area contributed by atoms with Crippen molar-refractivity contribution in [3.8, 4) is 5.75 Å². The minimum atomic E-state index is -0.554. The van der Waals surface area contributed by atoms with Crippen LogP contribution >= 0.6 is 0 Å². The maximum Gasteiger partial charge on any atom is 0.407 e. The second kappa shape index (κ2) is 7.88. The molecule has 25 heavy (non-hydrogen) atoms. The van der Waals surface area contributed by atoms with Gasteiger partial charge in [0.25, 0.3) is 0 Å². The van der Waals surface area contributed by atoms with Crippen LogP contribution in [0.3, 0.4) is 0 Å². The molecule has 0 fully saturated rings. The highest BCUT2D eigenvalue weighted by Gasteiger charge is 2.17. The maximum atomic E-state index is 12.0. The fourth-order valence-corrected chi connectivity index (χ4v) is 2.24. The lowest BCUT2D eigenvalue weighted by Gasteiger charge is -2.19. The Kier molecular flexibility index (Phi) is 5.85. The molecule has 0 unspecified atom stereocenters. The van der Waals surface area contributed by atoms with Crippen LogP contribution in [0.2, 0.25) is 0 Å². The molecule has 1 amide bonds. The highest BCUT2D eigenvalue weighted by atomic mass is 16.6. The van der Waals surface area contributed by atoms with Crippen LogP contribution < -0.4 is 10.1 Å². The molecule has 1 N–H and O–H groups in total. The van der Waals surface area contributed by atoms with Gasteiger partial charge in [-0.3, -0.25) is 0 Å². The molecule has 0 aliphatic heterocycles. The highest BCUT2D eigenvalue weighted by Crippen LogP contribution is 2.26. The summed E-state index contributed by atoms with van der Waals surface area (Å²) in [6.45, 7) is 5.83. The number of amides is 1. The summed E-state index contributed by atoms with van der Waals surface area (Å²) < 4.78 is 15.6. The Hall–Kier alpha value is -2.76. The van der Waals surface area contributed by atoms with E-state index in [1.165, 1.54) is 7.11 Å². The Morgan fingerprint density at radius 3 is 2.32 bits per heavy atom. The highest BCUT2D eigenvalue weighted by molar-refractivity contribution is 5.98. The van der Waals surface area contributed by atoms with Gasteiger partial charge in [-0.1, -0.05) is 24.3 Å². The van der Waals surface area contributed by atoms with Crippen LogP contribution in [0.1, 0.15) is 31.1 Å². The molecule has 2 aromatic rings. The summed E-state index contributed by atoms with van der Waals surface area (Å²) >= 11 is 0. The van der Waals surface area contributed by atoms with Crippen molar-refractivity contribution < 1.29 is 23.8 Å². The fourth-order valence-electron chi connectivity index (χ4n) is 2.24. The largest absolute Gasteiger partial charge is 0.491 e. The molecule has 2 aromatic carbocycles. The first-order valence-corrected chi connectivity index (χ1v) is 8.01. The molecular formula is C19H23NO5. The average Bonchev–Trinajstić information content (AvgIpc) is 2.55. The van der Waals surface area contributed by atoms with Crippen molar-refractivity contribution in [1.82, 2.24) is 5.32 Å². The van der Waals surface area contributed by atoms with Crippen LogP contribution in [0.25, 0.3) is 10.8 Å². The monoisotopic (exact) mass is 345 g/mol. The predicted molar refractivity (Wildman–Crippen MR) is 95.0 cm³/mol. The molecule has 0 saturated carbocycles. The molecule has 0 aromatic heterocycles. The number of alkyl carbamates (subject to hydrolysis) is 1. The first-order chi connectivity index (χ1) is 11.8. The van der Waals surface area contributed by atoms with Crippen molar-refractivity contribution in [3.63, 3.8) is 0 Å². The fraction of sp³-hybridized carbons (Fsp3) is 0.368. The van der Waals surface area contributed by atoms with Crippen LogP contribution in [-0.2, 0) is 9.47 Å². The Balaban J connectivity index is 2.04. The van der Waals surface area contributed by atoms with Crippen molar-refractivity contribution in [2.24, 2.45) is 0 Å². The molecule has 0 saturated heterocycles. The first-order valence-electron chi connectivity index (χ1n) is 8.01. The molecule has 0 spiro atoms. The molecule has 2 rings (SSSR count). The number of hydrogen-bond donors (Lipinski definition) is 1. The van der Waals surface area contributed by atoms with Gasteiger partial charge in [-0.25, -0.2) is 9.59 Å². The van der Waals surface area contributed by atoms with Gasteiger partial charge in [-0.2, -0.15) is 0 Å². The number of benzene rings is 2.